The van der Waals surface area contributed by atoms with Gasteiger partial charge in [-0.15, -0.1) is 0 Å². The molecule has 1 atom stereocenters. The number of carbonyl (C=O) groups excluding carboxylic acids is 2. The summed E-state index contributed by atoms with van der Waals surface area (Å²) in [6, 6.07) is 12.6. The van der Waals surface area contributed by atoms with Crippen LogP contribution in [0.25, 0.3) is 0 Å². The normalized spacial score (nSPS) is 11.5. The summed E-state index contributed by atoms with van der Waals surface area (Å²) < 4.78 is 5.52. The first-order valence-electron chi connectivity index (χ1n) is 8.39. The Morgan fingerprint density at radius 1 is 1.15 bits per heavy atom. The summed E-state index contributed by atoms with van der Waals surface area (Å²) in [5.41, 5.74) is 2.93. The Morgan fingerprint density at radius 2 is 1.92 bits per heavy atom. The summed E-state index contributed by atoms with van der Waals surface area (Å²) in [6.07, 6.45) is -0.834. The van der Waals surface area contributed by atoms with E-state index in [1.165, 1.54) is 6.92 Å². The van der Waals surface area contributed by atoms with Gasteiger partial charge in [-0.2, -0.15) is 0 Å². The van der Waals surface area contributed by atoms with E-state index in [-0.39, 0.29) is 25.0 Å². The van der Waals surface area contributed by atoms with E-state index in [0.717, 1.165) is 11.1 Å². The fourth-order valence-electron chi connectivity index (χ4n) is 2.36. The first kappa shape index (κ1) is 19.5. The second-order valence-corrected chi connectivity index (χ2v) is 6.20. The van der Waals surface area contributed by atoms with Crippen LogP contribution in [0.4, 0.5) is 5.69 Å². The third-order valence-corrected chi connectivity index (χ3v) is 3.74. The maximum atomic E-state index is 12.2. The van der Waals surface area contributed by atoms with Crippen LogP contribution in [-0.2, 0) is 4.79 Å². The number of aliphatic hydroxyl groups is 1. The molecule has 0 aliphatic carbocycles. The molecule has 0 aliphatic heterocycles. The van der Waals surface area contributed by atoms with Crippen molar-refractivity contribution in [3.8, 4) is 5.75 Å². The molecule has 6 heteroatoms. The van der Waals surface area contributed by atoms with Crippen molar-refractivity contribution >= 4 is 17.5 Å². The summed E-state index contributed by atoms with van der Waals surface area (Å²) >= 11 is 0. The number of aryl methyl sites for hydroxylation is 2. The van der Waals surface area contributed by atoms with Crippen molar-refractivity contribution in [1.82, 2.24) is 5.32 Å². The lowest BCUT2D eigenvalue weighted by Crippen LogP contribution is -2.35. The number of amides is 2. The number of ether oxygens (including phenoxy) is 1. The van der Waals surface area contributed by atoms with Gasteiger partial charge in [0.05, 0.1) is 0 Å². The molecule has 0 aliphatic rings. The second-order valence-electron chi connectivity index (χ2n) is 6.20. The average Bonchev–Trinajstić information content (AvgIpc) is 2.59. The molecule has 0 bridgehead atoms. The Hall–Kier alpha value is -2.86. The average molecular weight is 356 g/mol. The van der Waals surface area contributed by atoms with E-state index in [1.807, 2.05) is 38.1 Å². The van der Waals surface area contributed by atoms with Gasteiger partial charge >= 0.3 is 0 Å². The van der Waals surface area contributed by atoms with Crippen LogP contribution in [0.15, 0.2) is 42.5 Å². The largest absolute Gasteiger partial charge is 0.491 e. The second kappa shape index (κ2) is 9.01. The van der Waals surface area contributed by atoms with Crippen LogP contribution in [0.2, 0.25) is 0 Å². The van der Waals surface area contributed by atoms with Crippen molar-refractivity contribution in [2.24, 2.45) is 0 Å². The summed E-state index contributed by atoms with van der Waals surface area (Å²) in [4.78, 5) is 23.5. The Balaban J connectivity index is 1.86. The van der Waals surface area contributed by atoms with Gasteiger partial charge in [-0.1, -0.05) is 18.2 Å². The molecular weight excluding hydrogens is 332 g/mol. The van der Waals surface area contributed by atoms with Gasteiger partial charge in [0.15, 0.2) is 0 Å². The minimum absolute atomic E-state index is 0.0635. The zero-order chi connectivity index (χ0) is 19.1. The van der Waals surface area contributed by atoms with Crippen molar-refractivity contribution in [2.45, 2.75) is 26.9 Å². The molecule has 0 radical (unpaired) electrons. The lowest BCUT2D eigenvalue weighted by atomic mass is 10.1. The molecular formula is C20H24N2O4. The molecule has 0 fully saturated rings. The third-order valence-electron chi connectivity index (χ3n) is 3.74. The molecule has 1 unspecified atom stereocenters. The van der Waals surface area contributed by atoms with Crippen LogP contribution in [-0.4, -0.2) is 36.2 Å². The molecule has 2 rings (SSSR count). The SMILES string of the molecule is CC(=O)Nc1cc(C(=O)NCC(O)COc2cccc(C)c2)ccc1C. The van der Waals surface area contributed by atoms with Gasteiger partial charge in [0.1, 0.15) is 18.5 Å². The molecule has 3 N–H and O–H groups in total. The van der Waals surface area contributed by atoms with Crippen LogP contribution >= 0.6 is 0 Å². The molecule has 26 heavy (non-hydrogen) atoms. The summed E-state index contributed by atoms with van der Waals surface area (Å²) in [6.45, 7) is 5.36. The van der Waals surface area contributed by atoms with Gasteiger partial charge in [-0.25, -0.2) is 0 Å². The molecule has 2 aromatic rings. The van der Waals surface area contributed by atoms with Crippen molar-refractivity contribution < 1.29 is 19.4 Å². The number of nitrogens with one attached hydrogen (secondary N) is 2. The van der Waals surface area contributed by atoms with E-state index in [9.17, 15) is 14.7 Å². The molecule has 0 spiro atoms. The van der Waals surface area contributed by atoms with E-state index in [0.29, 0.717) is 17.0 Å². The highest BCUT2D eigenvalue weighted by atomic mass is 16.5. The molecule has 0 saturated heterocycles. The maximum absolute atomic E-state index is 12.2. The van der Waals surface area contributed by atoms with E-state index >= 15 is 0 Å². The van der Waals surface area contributed by atoms with Crippen molar-refractivity contribution in [2.75, 3.05) is 18.5 Å². The molecule has 2 aromatic carbocycles. The fourth-order valence-corrected chi connectivity index (χ4v) is 2.36. The van der Waals surface area contributed by atoms with Crippen LogP contribution in [0.3, 0.4) is 0 Å². The van der Waals surface area contributed by atoms with Crippen LogP contribution in [0.1, 0.15) is 28.4 Å². The maximum Gasteiger partial charge on any atom is 0.251 e. The number of benzene rings is 2. The number of hydrogen-bond donors (Lipinski definition) is 3. The lowest BCUT2D eigenvalue weighted by molar-refractivity contribution is -0.114. The topological polar surface area (TPSA) is 87.7 Å². The monoisotopic (exact) mass is 356 g/mol. The molecule has 0 heterocycles. The van der Waals surface area contributed by atoms with Gasteiger partial charge in [0, 0.05) is 24.7 Å². The van der Waals surface area contributed by atoms with E-state index in [2.05, 4.69) is 10.6 Å². The van der Waals surface area contributed by atoms with Crippen LogP contribution in [0.5, 0.6) is 5.75 Å². The molecule has 6 nitrogen and oxygen atoms in total. The number of anilines is 1. The Bertz CT molecular complexity index is 789. The lowest BCUT2D eigenvalue weighted by Gasteiger charge is -2.14. The van der Waals surface area contributed by atoms with Crippen LogP contribution < -0.4 is 15.4 Å². The number of rotatable bonds is 7. The fraction of sp³-hybridized carbons (Fsp3) is 0.300. The van der Waals surface area contributed by atoms with Gasteiger partial charge in [-0.3, -0.25) is 9.59 Å². The number of hydrogen-bond acceptors (Lipinski definition) is 4. The molecule has 0 aromatic heterocycles. The highest BCUT2D eigenvalue weighted by Gasteiger charge is 2.12. The van der Waals surface area contributed by atoms with E-state index < -0.39 is 6.10 Å². The first-order chi connectivity index (χ1) is 12.3. The smallest absolute Gasteiger partial charge is 0.251 e. The third kappa shape index (κ3) is 5.89. The van der Waals surface area contributed by atoms with Crippen molar-refractivity contribution in [3.05, 3.63) is 59.2 Å². The quantitative estimate of drug-likeness (QED) is 0.711. The zero-order valence-corrected chi connectivity index (χ0v) is 15.2. The van der Waals surface area contributed by atoms with Gasteiger partial charge in [0.25, 0.3) is 5.91 Å². The Labute approximate surface area is 153 Å². The zero-order valence-electron chi connectivity index (χ0n) is 15.2. The predicted octanol–water partition coefficient (Wildman–Crippen LogP) is 2.43. The number of carbonyl (C=O) groups is 2. The predicted molar refractivity (Wildman–Crippen MR) is 100 cm³/mol. The number of aliphatic hydroxyl groups excluding tert-OH is 1. The van der Waals surface area contributed by atoms with Gasteiger partial charge < -0.3 is 20.5 Å². The van der Waals surface area contributed by atoms with E-state index in [4.69, 9.17) is 4.74 Å². The summed E-state index contributed by atoms with van der Waals surface area (Å²) in [5.74, 6) is 0.148. The van der Waals surface area contributed by atoms with Crippen LogP contribution in [0, 0.1) is 13.8 Å². The minimum Gasteiger partial charge on any atom is -0.491 e. The Kier molecular flexibility index (Phi) is 6.74. The minimum atomic E-state index is -0.834. The van der Waals surface area contributed by atoms with E-state index in [1.54, 1.807) is 18.2 Å². The van der Waals surface area contributed by atoms with Gasteiger partial charge in [0.2, 0.25) is 5.91 Å². The highest BCUT2D eigenvalue weighted by Crippen LogP contribution is 2.17. The Morgan fingerprint density at radius 3 is 2.62 bits per heavy atom. The van der Waals surface area contributed by atoms with Crippen molar-refractivity contribution in [3.63, 3.8) is 0 Å². The molecule has 0 saturated carbocycles. The summed E-state index contributed by atoms with van der Waals surface area (Å²) in [7, 11) is 0. The first-order valence-corrected chi connectivity index (χ1v) is 8.39. The summed E-state index contributed by atoms with van der Waals surface area (Å²) in [5, 5.41) is 15.3. The van der Waals surface area contributed by atoms with Crippen molar-refractivity contribution in [1.29, 1.82) is 0 Å². The standard InChI is InChI=1S/C20H24N2O4/c1-13-5-4-6-18(9-13)26-12-17(24)11-21-20(25)16-8-7-14(2)19(10-16)22-15(3)23/h4-10,17,24H,11-12H2,1-3H3,(H,21,25)(H,22,23). The molecule has 138 valence electrons. The molecule has 2 amide bonds. The highest BCUT2D eigenvalue weighted by molar-refractivity contribution is 5.97. The van der Waals surface area contributed by atoms with Gasteiger partial charge in [-0.05, 0) is 49.2 Å².